The Bertz CT molecular complexity index is 524. The maximum Gasteiger partial charge on any atom is 0.326 e. The third-order valence-electron chi connectivity index (χ3n) is 3.36. The summed E-state index contributed by atoms with van der Waals surface area (Å²) in [5.41, 5.74) is 0.853. The zero-order chi connectivity index (χ0) is 14.5. The van der Waals surface area contributed by atoms with Crippen LogP contribution in [0.4, 0.5) is 0 Å². The predicted octanol–water partition coefficient (Wildman–Crippen LogP) is 2.82. The van der Waals surface area contributed by atoms with Gasteiger partial charge in [0.2, 0.25) is 5.91 Å². The minimum absolute atomic E-state index is 0.257. The SMILES string of the molecule is O=C(O)C1CCCCN1C(=O)/C=C/c1ccc(Cl)cc1. The van der Waals surface area contributed by atoms with E-state index in [-0.39, 0.29) is 5.91 Å². The second-order valence-corrected chi connectivity index (χ2v) is 5.20. The highest BCUT2D eigenvalue weighted by Gasteiger charge is 2.30. The van der Waals surface area contributed by atoms with E-state index in [9.17, 15) is 9.59 Å². The topological polar surface area (TPSA) is 57.6 Å². The Hall–Kier alpha value is -1.81. The lowest BCUT2D eigenvalue weighted by Gasteiger charge is -2.32. The molecule has 1 aliphatic heterocycles. The molecule has 1 atom stereocenters. The second-order valence-electron chi connectivity index (χ2n) is 4.77. The molecule has 0 saturated carbocycles. The lowest BCUT2D eigenvalue weighted by atomic mass is 10.0. The normalized spacial score (nSPS) is 19.2. The molecule has 1 aliphatic rings. The van der Waals surface area contributed by atoms with Crippen molar-refractivity contribution in [3.63, 3.8) is 0 Å². The molecule has 0 spiro atoms. The number of benzene rings is 1. The van der Waals surface area contributed by atoms with E-state index in [1.54, 1.807) is 30.3 Å². The number of amides is 1. The van der Waals surface area contributed by atoms with Crippen LogP contribution in [-0.2, 0) is 9.59 Å². The first-order valence-electron chi connectivity index (χ1n) is 6.55. The summed E-state index contributed by atoms with van der Waals surface area (Å²) in [6.07, 6.45) is 5.32. The van der Waals surface area contributed by atoms with Crippen LogP contribution in [0.15, 0.2) is 30.3 Å². The molecule has 1 heterocycles. The van der Waals surface area contributed by atoms with E-state index in [2.05, 4.69) is 0 Å². The number of carboxylic acids is 1. The molecule has 0 bridgehead atoms. The number of likely N-dealkylation sites (tertiary alicyclic amines) is 1. The molecule has 1 fully saturated rings. The van der Waals surface area contributed by atoms with Crippen molar-refractivity contribution in [2.45, 2.75) is 25.3 Å². The predicted molar refractivity (Wildman–Crippen MR) is 77.5 cm³/mol. The van der Waals surface area contributed by atoms with E-state index in [4.69, 9.17) is 16.7 Å². The van der Waals surface area contributed by atoms with Crippen LogP contribution in [0.1, 0.15) is 24.8 Å². The van der Waals surface area contributed by atoms with Crippen molar-refractivity contribution in [2.24, 2.45) is 0 Å². The summed E-state index contributed by atoms with van der Waals surface area (Å²) in [7, 11) is 0. The fourth-order valence-electron chi connectivity index (χ4n) is 2.29. The number of carbonyl (C=O) groups is 2. The zero-order valence-electron chi connectivity index (χ0n) is 11.0. The third kappa shape index (κ3) is 3.61. The Morgan fingerprint density at radius 1 is 1.25 bits per heavy atom. The van der Waals surface area contributed by atoms with Crippen molar-refractivity contribution in [3.8, 4) is 0 Å². The molecule has 0 aromatic heterocycles. The highest BCUT2D eigenvalue weighted by Crippen LogP contribution is 2.18. The number of halogens is 1. The lowest BCUT2D eigenvalue weighted by Crippen LogP contribution is -2.47. The molecule has 1 aromatic rings. The highest BCUT2D eigenvalue weighted by atomic mass is 35.5. The van der Waals surface area contributed by atoms with Gasteiger partial charge in [0, 0.05) is 17.6 Å². The van der Waals surface area contributed by atoms with E-state index < -0.39 is 12.0 Å². The number of hydrogen-bond acceptors (Lipinski definition) is 2. The Balaban J connectivity index is 2.06. The van der Waals surface area contributed by atoms with Crippen LogP contribution >= 0.6 is 11.6 Å². The van der Waals surface area contributed by atoms with Crippen LogP contribution in [-0.4, -0.2) is 34.5 Å². The molecule has 1 aromatic carbocycles. The van der Waals surface area contributed by atoms with Gasteiger partial charge in [0.15, 0.2) is 0 Å². The van der Waals surface area contributed by atoms with Crippen molar-refractivity contribution in [1.29, 1.82) is 0 Å². The van der Waals surface area contributed by atoms with E-state index >= 15 is 0 Å². The summed E-state index contributed by atoms with van der Waals surface area (Å²) < 4.78 is 0. The molecule has 20 heavy (non-hydrogen) atoms. The van der Waals surface area contributed by atoms with Gasteiger partial charge in [0.25, 0.3) is 0 Å². The molecule has 5 heteroatoms. The highest BCUT2D eigenvalue weighted by molar-refractivity contribution is 6.30. The van der Waals surface area contributed by atoms with Crippen molar-refractivity contribution in [3.05, 3.63) is 40.9 Å². The van der Waals surface area contributed by atoms with Gasteiger partial charge in [-0.25, -0.2) is 4.79 Å². The Kier molecular flexibility index (Phi) is 4.79. The Morgan fingerprint density at radius 3 is 2.60 bits per heavy atom. The molecule has 1 saturated heterocycles. The molecule has 106 valence electrons. The van der Waals surface area contributed by atoms with Crippen LogP contribution in [0.25, 0.3) is 6.08 Å². The van der Waals surface area contributed by atoms with Gasteiger partial charge in [-0.2, -0.15) is 0 Å². The molecule has 0 aliphatic carbocycles. The molecule has 1 unspecified atom stereocenters. The fraction of sp³-hybridized carbons (Fsp3) is 0.333. The average molecular weight is 294 g/mol. The minimum Gasteiger partial charge on any atom is -0.480 e. The van der Waals surface area contributed by atoms with Crippen molar-refractivity contribution in [2.75, 3.05) is 6.54 Å². The zero-order valence-corrected chi connectivity index (χ0v) is 11.7. The van der Waals surface area contributed by atoms with Crippen molar-refractivity contribution in [1.82, 2.24) is 4.90 Å². The Morgan fingerprint density at radius 2 is 1.95 bits per heavy atom. The standard InChI is InChI=1S/C15H16ClNO3/c16-12-7-4-11(5-8-12)6-9-14(18)17-10-2-1-3-13(17)15(19)20/h4-9,13H,1-3,10H2,(H,19,20)/b9-6+. The number of hydrogen-bond donors (Lipinski definition) is 1. The smallest absolute Gasteiger partial charge is 0.326 e. The average Bonchev–Trinajstić information content (AvgIpc) is 2.46. The fourth-order valence-corrected chi connectivity index (χ4v) is 2.42. The first-order valence-corrected chi connectivity index (χ1v) is 6.93. The summed E-state index contributed by atoms with van der Waals surface area (Å²) in [6.45, 7) is 0.501. The number of rotatable bonds is 3. The summed E-state index contributed by atoms with van der Waals surface area (Å²) in [6, 6.07) is 6.39. The van der Waals surface area contributed by atoms with Crippen LogP contribution in [0.5, 0.6) is 0 Å². The van der Waals surface area contributed by atoms with Gasteiger partial charge in [-0.05, 0) is 43.0 Å². The first-order chi connectivity index (χ1) is 9.58. The lowest BCUT2D eigenvalue weighted by molar-refractivity contribution is -0.150. The van der Waals surface area contributed by atoms with E-state index in [0.717, 1.165) is 18.4 Å². The van der Waals surface area contributed by atoms with Gasteiger partial charge in [-0.3, -0.25) is 4.79 Å². The van der Waals surface area contributed by atoms with Crippen LogP contribution in [0.2, 0.25) is 5.02 Å². The van der Waals surface area contributed by atoms with Gasteiger partial charge in [0.05, 0.1) is 0 Å². The number of carboxylic acid groups (broad SMARTS) is 1. The molecule has 0 radical (unpaired) electrons. The van der Waals surface area contributed by atoms with E-state index in [0.29, 0.717) is 18.0 Å². The van der Waals surface area contributed by atoms with Gasteiger partial charge in [0.1, 0.15) is 6.04 Å². The molecular formula is C15H16ClNO3. The third-order valence-corrected chi connectivity index (χ3v) is 3.61. The summed E-state index contributed by atoms with van der Waals surface area (Å²) in [5.74, 6) is -1.19. The second kappa shape index (κ2) is 6.57. The van der Waals surface area contributed by atoms with Crippen molar-refractivity contribution >= 4 is 29.6 Å². The van der Waals surface area contributed by atoms with Gasteiger partial charge in [-0.1, -0.05) is 23.7 Å². The van der Waals surface area contributed by atoms with E-state index in [1.807, 2.05) is 0 Å². The summed E-state index contributed by atoms with van der Waals surface area (Å²) in [4.78, 5) is 24.7. The van der Waals surface area contributed by atoms with Gasteiger partial charge in [-0.15, -0.1) is 0 Å². The molecular weight excluding hydrogens is 278 g/mol. The minimum atomic E-state index is -0.932. The largest absolute Gasteiger partial charge is 0.480 e. The van der Waals surface area contributed by atoms with Crippen LogP contribution in [0.3, 0.4) is 0 Å². The maximum atomic E-state index is 12.1. The number of piperidine rings is 1. The number of nitrogens with zero attached hydrogens (tertiary/aromatic N) is 1. The number of aliphatic carboxylic acids is 1. The first kappa shape index (κ1) is 14.6. The monoisotopic (exact) mass is 293 g/mol. The van der Waals surface area contributed by atoms with Crippen molar-refractivity contribution < 1.29 is 14.7 Å². The summed E-state index contributed by atoms with van der Waals surface area (Å²) >= 11 is 5.79. The molecule has 1 N–H and O–H groups in total. The summed E-state index contributed by atoms with van der Waals surface area (Å²) in [5, 5.41) is 9.78. The van der Waals surface area contributed by atoms with Crippen LogP contribution < -0.4 is 0 Å². The molecule has 2 rings (SSSR count). The van der Waals surface area contributed by atoms with Gasteiger partial charge < -0.3 is 10.0 Å². The number of carbonyl (C=O) groups excluding carboxylic acids is 1. The molecule has 1 amide bonds. The Labute approximate surface area is 122 Å². The van der Waals surface area contributed by atoms with Crippen LogP contribution in [0, 0.1) is 0 Å². The quantitative estimate of drug-likeness (QED) is 0.872. The molecule has 4 nitrogen and oxygen atoms in total. The van der Waals surface area contributed by atoms with Gasteiger partial charge >= 0.3 is 5.97 Å². The van der Waals surface area contributed by atoms with E-state index in [1.165, 1.54) is 11.0 Å². The maximum absolute atomic E-state index is 12.1.